The zero-order valence-electron chi connectivity index (χ0n) is 11.1. The first kappa shape index (κ1) is 15.8. The summed E-state index contributed by atoms with van der Waals surface area (Å²) in [5, 5.41) is 2.82. The van der Waals surface area contributed by atoms with Crippen molar-refractivity contribution in [3.05, 3.63) is 24.3 Å². The van der Waals surface area contributed by atoms with Gasteiger partial charge in [-0.05, 0) is 43.0 Å². The van der Waals surface area contributed by atoms with Crippen molar-refractivity contribution in [1.29, 1.82) is 0 Å². The molecule has 0 saturated heterocycles. The number of hydrogen-bond donors (Lipinski definition) is 2. The van der Waals surface area contributed by atoms with Crippen molar-refractivity contribution in [1.82, 2.24) is 0 Å². The Bertz CT molecular complexity index is 404. The Hall–Kier alpha value is -1.26. The molecule has 1 fully saturated rings. The molecule has 19 heavy (non-hydrogen) atoms. The highest BCUT2D eigenvalue weighted by atomic mass is 35.5. The van der Waals surface area contributed by atoms with Gasteiger partial charge in [0.15, 0.2) is 0 Å². The molecule has 1 atom stereocenters. The number of nitrogens with one attached hydrogen (secondary N) is 1. The standard InChI is InChI=1S/C14H20N2O2.ClH/c1-10(8-15)14(17)16-12-4-6-13(7-5-12)18-9-11-2-3-11;/h4-7,10-11H,2-3,8-9,15H2,1H3,(H,16,17);1H. The minimum absolute atomic E-state index is 0. The summed E-state index contributed by atoms with van der Waals surface area (Å²) in [7, 11) is 0. The third-order valence-electron chi connectivity index (χ3n) is 3.11. The molecule has 1 saturated carbocycles. The Labute approximate surface area is 120 Å². The second-order valence-corrected chi connectivity index (χ2v) is 4.90. The number of anilines is 1. The SMILES string of the molecule is CC(CN)C(=O)Nc1ccc(OCC2CC2)cc1.Cl. The maximum Gasteiger partial charge on any atom is 0.228 e. The summed E-state index contributed by atoms with van der Waals surface area (Å²) >= 11 is 0. The van der Waals surface area contributed by atoms with Crippen LogP contribution >= 0.6 is 12.4 Å². The quantitative estimate of drug-likeness (QED) is 0.843. The third-order valence-corrected chi connectivity index (χ3v) is 3.11. The maximum absolute atomic E-state index is 11.6. The molecule has 0 aliphatic heterocycles. The molecular formula is C14H21ClN2O2. The van der Waals surface area contributed by atoms with Gasteiger partial charge in [0.1, 0.15) is 5.75 Å². The summed E-state index contributed by atoms with van der Waals surface area (Å²) in [4.78, 5) is 11.6. The summed E-state index contributed by atoms with van der Waals surface area (Å²) in [5.74, 6) is 1.38. The van der Waals surface area contributed by atoms with E-state index in [4.69, 9.17) is 10.5 Å². The first-order valence-electron chi connectivity index (χ1n) is 6.43. The minimum Gasteiger partial charge on any atom is -0.493 e. The number of carbonyl (C=O) groups is 1. The zero-order valence-corrected chi connectivity index (χ0v) is 11.9. The van der Waals surface area contributed by atoms with E-state index in [2.05, 4.69) is 5.32 Å². The molecule has 0 heterocycles. The van der Waals surface area contributed by atoms with Crippen LogP contribution in [0.3, 0.4) is 0 Å². The molecule has 1 amide bonds. The highest BCUT2D eigenvalue weighted by Crippen LogP contribution is 2.29. The number of carbonyl (C=O) groups excluding carboxylic acids is 1. The number of halogens is 1. The minimum atomic E-state index is -0.171. The number of hydrogen-bond acceptors (Lipinski definition) is 3. The van der Waals surface area contributed by atoms with Gasteiger partial charge in [-0.2, -0.15) is 0 Å². The third kappa shape index (κ3) is 5.09. The van der Waals surface area contributed by atoms with Gasteiger partial charge < -0.3 is 15.8 Å². The Morgan fingerprint density at radius 3 is 2.58 bits per heavy atom. The number of nitrogens with two attached hydrogens (primary N) is 1. The van der Waals surface area contributed by atoms with Gasteiger partial charge in [-0.25, -0.2) is 0 Å². The largest absolute Gasteiger partial charge is 0.493 e. The lowest BCUT2D eigenvalue weighted by atomic mass is 10.1. The molecule has 106 valence electrons. The van der Waals surface area contributed by atoms with Gasteiger partial charge in [0.05, 0.1) is 6.61 Å². The van der Waals surface area contributed by atoms with Crippen LogP contribution in [-0.2, 0) is 4.79 Å². The second-order valence-electron chi connectivity index (χ2n) is 4.90. The van der Waals surface area contributed by atoms with Gasteiger partial charge in [-0.1, -0.05) is 6.92 Å². The Kier molecular flexibility index (Phi) is 6.12. The van der Waals surface area contributed by atoms with Crippen LogP contribution in [0.5, 0.6) is 5.75 Å². The average Bonchev–Trinajstić information content (AvgIpc) is 3.21. The summed E-state index contributed by atoms with van der Waals surface area (Å²) in [6.07, 6.45) is 2.57. The predicted molar refractivity (Wildman–Crippen MR) is 78.8 cm³/mol. The Morgan fingerprint density at radius 2 is 2.05 bits per heavy atom. The molecule has 0 spiro atoms. The molecule has 1 aromatic carbocycles. The Morgan fingerprint density at radius 1 is 1.42 bits per heavy atom. The van der Waals surface area contributed by atoms with E-state index in [0.29, 0.717) is 6.54 Å². The number of rotatable bonds is 6. The molecule has 1 aromatic rings. The molecule has 5 heteroatoms. The normalized spacial score (nSPS) is 15.3. The average molecular weight is 285 g/mol. The summed E-state index contributed by atoms with van der Waals surface area (Å²) in [6.45, 7) is 2.97. The summed E-state index contributed by atoms with van der Waals surface area (Å²) in [6, 6.07) is 7.46. The lowest BCUT2D eigenvalue weighted by Crippen LogP contribution is -2.26. The van der Waals surface area contributed by atoms with Crippen LogP contribution < -0.4 is 15.8 Å². The van der Waals surface area contributed by atoms with E-state index in [1.165, 1.54) is 12.8 Å². The van der Waals surface area contributed by atoms with Crippen LogP contribution in [0.1, 0.15) is 19.8 Å². The summed E-state index contributed by atoms with van der Waals surface area (Å²) < 4.78 is 5.63. The monoisotopic (exact) mass is 284 g/mol. The van der Waals surface area contributed by atoms with E-state index in [1.54, 1.807) is 0 Å². The maximum atomic E-state index is 11.6. The van der Waals surface area contributed by atoms with E-state index in [9.17, 15) is 4.79 Å². The number of benzene rings is 1. The van der Waals surface area contributed by atoms with Crippen LogP contribution in [0.2, 0.25) is 0 Å². The van der Waals surface area contributed by atoms with E-state index < -0.39 is 0 Å². The van der Waals surface area contributed by atoms with Gasteiger partial charge in [0.25, 0.3) is 0 Å². The smallest absolute Gasteiger partial charge is 0.228 e. The number of ether oxygens (including phenoxy) is 1. The van der Waals surface area contributed by atoms with E-state index in [0.717, 1.165) is 24.0 Å². The molecule has 3 N–H and O–H groups in total. The van der Waals surface area contributed by atoms with E-state index in [-0.39, 0.29) is 24.2 Å². The van der Waals surface area contributed by atoms with Gasteiger partial charge in [-0.3, -0.25) is 4.79 Å². The number of amides is 1. The fourth-order valence-electron chi connectivity index (χ4n) is 1.51. The molecule has 0 bridgehead atoms. The van der Waals surface area contributed by atoms with Crippen LogP contribution in [0.25, 0.3) is 0 Å². The van der Waals surface area contributed by atoms with Crippen molar-refractivity contribution in [2.75, 3.05) is 18.5 Å². The molecule has 1 aliphatic carbocycles. The van der Waals surface area contributed by atoms with Crippen molar-refractivity contribution in [2.24, 2.45) is 17.6 Å². The molecule has 0 aromatic heterocycles. The molecule has 0 radical (unpaired) electrons. The van der Waals surface area contributed by atoms with E-state index >= 15 is 0 Å². The highest BCUT2D eigenvalue weighted by Gasteiger charge is 2.21. The fraction of sp³-hybridized carbons (Fsp3) is 0.500. The van der Waals surface area contributed by atoms with Crippen molar-refractivity contribution >= 4 is 24.0 Å². The molecule has 1 aliphatic rings. The van der Waals surface area contributed by atoms with Crippen LogP contribution in [0.15, 0.2) is 24.3 Å². The topological polar surface area (TPSA) is 64.4 Å². The highest BCUT2D eigenvalue weighted by molar-refractivity contribution is 5.92. The van der Waals surface area contributed by atoms with Gasteiger partial charge in [0.2, 0.25) is 5.91 Å². The van der Waals surface area contributed by atoms with Crippen molar-refractivity contribution < 1.29 is 9.53 Å². The van der Waals surface area contributed by atoms with Crippen LogP contribution in [0, 0.1) is 11.8 Å². The van der Waals surface area contributed by atoms with Crippen molar-refractivity contribution in [2.45, 2.75) is 19.8 Å². The zero-order chi connectivity index (χ0) is 13.0. The van der Waals surface area contributed by atoms with Crippen molar-refractivity contribution in [3.63, 3.8) is 0 Å². The molecule has 4 nitrogen and oxygen atoms in total. The van der Waals surface area contributed by atoms with Crippen LogP contribution in [-0.4, -0.2) is 19.1 Å². The molecular weight excluding hydrogens is 264 g/mol. The lowest BCUT2D eigenvalue weighted by Gasteiger charge is -2.10. The molecule has 1 unspecified atom stereocenters. The van der Waals surface area contributed by atoms with E-state index in [1.807, 2.05) is 31.2 Å². The van der Waals surface area contributed by atoms with Crippen molar-refractivity contribution in [3.8, 4) is 5.75 Å². The second kappa shape index (κ2) is 7.36. The van der Waals surface area contributed by atoms with Gasteiger partial charge >= 0.3 is 0 Å². The van der Waals surface area contributed by atoms with Crippen LogP contribution in [0.4, 0.5) is 5.69 Å². The molecule has 2 rings (SSSR count). The van der Waals surface area contributed by atoms with Gasteiger partial charge in [0, 0.05) is 18.2 Å². The lowest BCUT2D eigenvalue weighted by molar-refractivity contribution is -0.119. The van der Waals surface area contributed by atoms with Gasteiger partial charge in [-0.15, -0.1) is 12.4 Å². The fourth-order valence-corrected chi connectivity index (χ4v) is 1.51. The Balaban J connectivity index is 0.00000180. The predicted octanol–water partition coefficient (Wildman–Crippen LogP) is 2.43. The summed E-state index contributed by atoms with van der Waals surface area (Å²) in [5.41, 5.74) is 6.22. The first-order valence-corrected chi connectivity index (χ1v) is 6.43. The first-order chi connectivity index (χ1) is 8.69.